The number of aromatic nitrogens is 1. The van der Waals surface area contributed by atoms with E-state index < -0.39 is 28.6 Å². The molecule has 0 spiro atoms. The molecule has 1 saturated heterocycles. The summed E-state index contributed by atoms with van der Waals surface area (Å²) in [6.45, 7) is 4.76. The summed E-state index contributed by atoms with van der Waals surface area (Å²) >= 11 is 0. The molecule has 1 aliphatic heterocycles. The summed E-state index contributed by atoms with van der Waals surface area (Å²) < 4.78 is 31.9. The molecule has 1 aromatic carbocycles. The van der Waals surface area contributed by atoms with Crippen LogP contribution >= 0.6 is 0 Å². The standard InChI is InChI=1S/C19H21F2N3O3/c1-9-6-23(7-10(2)22-9)17-14(20)5-12-16(15(17)21)24(11-3-4-11)8-13(18(12)25)19(26)27/h5,8-11,22H,3-4,6-7H2,1-2H3,(H,26,27)/t9-,10+. The van der Waals surface area contributed by atoms with Crippen LogP contribution < -0.4 is 15.6 Å². The minimum atomic E-state index is -1.40. The molecule has 8 heteroatoms. The fourth-order valence-corrected chi connectivity index (χ4v) is 4.02. The number of anilines is 1. The lowest BCUT2D eigenvalue weighted by Gasteiger charge is -2.38. The van der Waals surface area contributed by atoms with Gasteiger partial charge in [0.05, 0.1) is 10.9 Å². The van der Waals surface area contributed by atoms with E-state index in [2.05, 4.69) is 5.32 Å². The molecule has 2 heterocycles. The van der Waals surface area contributed by atoms with Crippen molar-refractivity contribution in [2.75, 3.05) is 18.0 Å². The zero-order chi connectivity index (χ0) is 19.5. The highest BCUT2D eigenvalue weighted by atomic mass is 19.1. The number of benzene rings is 1. The number of nitrogens with zero attached hydrogens (tertiary/aromatic N) is 2. The lowest BCUT2D eigenvalue weighted by Crippen LogP contribution is -2.54. The normalized spacial score (nSPS) is 23.0. The monoisotopic (exact) mass is 377 g/mol. The van der Waals surface area contributed by atoms with Gasteiger partial charge in [-0.15, -0.1) is 0 Å². The number of hydrogen-bond acceptors (Lipinski definition) is 4. The molecule has 0 unspecified atom stereocenters. The van der Waals surface area contributed by atoms with E-state index in [0.717, 1.165) is 18.9 Å². The van der Waals surface area contributed by atoms with Crippen molar-refractivity contribution in [1.82, 2.24) is 9.88 Å². The topological polar surface area (TPSA) is 74.6 Å². The van der Waals surface area contributed by atoms with Crippen molar-refractivity contribution < 1.29 is 18.7 Å². The molecular weight excluding hydrogens is 356 g/mol. The van der Waals surface area contributed by atoms with Crippen LogP contribution in [0.5, 0.6) is 0 Å². The molecular formula is C19H21F2N3O3. The molecule has 1 aromatic heterocycles. The molecule has 2 fully saturated rings. The van der Waals surface area contributed by atoms with Gasteiger partial charge in [0.25, 0.3) is 0 Å². The Kier molecular flexibility index (Phi) is 4.18. The molecule has 2 aliphatic rings. The lowest BCUT2D eigenvalue weighted by atomic mass is 10.1. The lowest BCUT2D eigenvalue weighted by molar-refractivity contribution is 0.0694. The number of piperazine rings is 1. The molecule has 4 rings (SSSR count). The van der Waals surface area contributed by atoms with Gasteiger partial charge in [-0.2, -0.15) is 0 Å². The molecule has 2 N–H and O–H groups in total. The molecule has 2 atom stereocenters. The van der Waals surface area contributed by atoms with Gasteiger partial charge in [0, 0.05) is 37.4 Å². The van der Waals surface area contributed by atoms with Crippen LogP contribution in [0, 0.1) is 11.6 Å². The number of nitrogens with one attached hydrogen (secondary N) is 1. The Balaban J connectivity index is 1.98. The molecule has 144 valence electrons. The second kappa shape index (κ2) is 6.30. The minimum absolute atomic E-state index is 0.0114. The number of carboxylic acid groups (broad SMARTS) is 1. The minimum Gasteiger partial charge on any atom is -0.477 e. The molecule has 27 heavy (non-hydrogen) atoms. The summed E-state index contributed by atoms with van der Waals surface area (Å²) in [7, 11) is 0. The van der Waals surface area contributed by atoms with Crippen molar-refractivity contribution in [3.05, 3.63) is 39.7 Å². The van der Waals surface area contributed by atoms with Gasteiger partial charge < -0.3 is 19.9 Å². The number of hydrogen-bond donors (Lipinski definition) is 2. The number of aromatic carboxylic acids is 1. The van der Waals surface area contributed by atoms with Gasteiger partial charge in [0.15, 0.2) is 5.82 Å². The van der Waals surface area contributed by atoms with E-state index in [9.17, 15) is 19.1 Å². The second-order valence-corrected chi connectivity index (χ2v) is 7.61. The van der Waals surface area contributed by atoms with Gasteiger partial charge in [-0.25, -0.2) is 13.6 Å². The van der Waals surface area contributed by atoms with Gasteiger partial charge in [-0.1, -0.05) is 0 Å². The highest BCUT2D eigenvalue weighted by molar-refractivity contribution is 5.94. The molecule has 1 saturated carbocycles. The Labute approximate surface area is 154 Å². The van der Waals surface area contributed by atoms with Gasteiger partial charge in [-0.3, -0.25) is 4.79 Å². The maximum Gasteiger partial charge on any atom is 0.341 e. The number of pyridine rings is 1. The van der Waals surface area contributed by atoms with E-state index in [-0.39, 0.29) is 34.7 Å². The predicted octanol–water partition coefficient (Wildman–Crippen LogP) is 2.50. The quantitative estimate of drug-likeness (QED) is 0.860. The summed E-state index contributed by atoms with van der Waals surface area (Å²) in [5, 5.41) is 12.4. The van der Waals surface area contributed by atoms with E-state index in [1.54, 1.807) is 4.90 Å². The van der Waals surface area contributed by atoms with Crippen LogP contribution in [0.2, 0.25) is 0 Å². The third kappa shape index (κ3) is 2.97. The Hall–Kier alpha value is -2.48. The Morgan fingerprint density at radius 1 is 1.22 bits per heavy atom. The number of rotatable bonds is 3. The average Bonchev–Trinajstić information content (AvgIpc) is 3.39. The molecule has 0 radical (unpaired) electrons. The Morgan fingerprint density at radius 3 is 2.41 bits per heavy atom. The van der Waals surface area contributed by atoms with E-state index in [1.165, 1.54) is 10.8 Å². The van der Waals surface area contributed by atoms with Gasteiger partial charge >= 0.3 is 5.97 Å². The highest BCUT2D eigenvalue weighted by Gasteiger charge is 2.32. The summed E-state index contributed by atoms with van der Waals surface area (Å²) in [6.07, 6.45) is 2.73. The molecule has 6 nitrogen and oxygen atoms in total. The Morgan fingerprint density at radius 2 is 1.85 bits per heavy atom. The van der Waals surface area contributed by atoms with Gasteiger partial charge in [0.2, 0.25) is 5.43 Å². The maximum absolute atomic E-state index is 15.5. The third-order valence-corrected chi connectivity index (χ3v) is 5.23. The van der Waals surface area contributed by atoms with Crippen molar-refractivity contribution in [1.29, 1.82) is 0 Å². The first kappa shape index (κ1) is 17.9. The van der Waals surface area contributed by atoms with Crippen LogP contribution in [-0.4, -0.2) is 40.8 Å². The smallest absolute Gasteiger partial charge is 0.341 e. The van der Waals surface area contributed by atoms with Crippen molar-refractivity contribution >= 4 is 22.6 Å². The molecule has 0 amide bonds. The van der Waals surface area contributed by atoms with Crippen LogP contribution in [0.4, 0.5) is 14.5 Å². The average molecular weight is 377 g/mol. The zero-order valence-corrected chi connectivity index (χ0v) is 15.1. The highest BCUT2D eigenvalue weighted by Crippen LogP contribution is 2.39. The summed E-state index contributed by atoms with van der Waals surface area (Å²) in [4.78, 5) is 25.6. The number of carboxylic acids is 1. The van der Waals surface area contributed by atoms with Crippen molar-refractivity contribution in [3.63, 3.8) is 0 Å². The van der Waals surface area contributed by atoms with E-state index in [4.69, 9.17) is 0 Å². The largest absolute Gasteiger partial charge is 0.477 e. The SMILES string of the molecule is C[C@@H]1CN(c2c(F)cc3c(=O)c(C(=O)O)cn(C4CC4)c3c2F)C[C@H](C)N1. The number of carbonyl (C=O) groups is 1. The fraction of sp³-hybridized carbons (Fsp3) is 0.474. The third-order valence-electron chi connectivity index (χ3n) is 5.23. The number of fused-ring (bicyclic) bond motifs is 1. The van der Waals surface area contributed by atoms with Crippen LogP contribution in [0.15, 0.2) is 17.1 Å². The van der Waals surface area contributed by atoms with Crippen LogP contribution in [0.25, 0.3) is 10.9 Å². The Bertz CT molecular complexity index is 990. The maximum atomic E-state index is 15.5. The van der Waals surface area contributed by atoms with Gasteiger partial charge in [-0.05, 0) is 32.8 Å². The van der Waals surface area contributed by atoms with Gasteiger partial charge in [0.1, 0.15) is 17.1 Å². The van der Waals surface area contributed by atoms with E-state index in [1.807, 2.05) is 13.8 Å². The van der Waals surface area contributed by atoms with Crippen LogP contribution in [-0.2, 0) is 0 Å². The summed E-state index contributed by atoms with van der Waals surface area (Å²) in [5.41, 5.74) is -1.49. The fourth-order valence-electron chi connectivity index (χ4n) is 4.02. The first-order valence-corrected chi connectivity index (χ1v) is 9.09. The molecule has 0 bridgehead atoms. The zero-order valence-electron chi connectivity index (χ0n) is 15.1. The van der Waals surface area contributed by atoms with Crippen molar-refractivity contribution in [2.24, 2.45) is 0 Å². The number of halogens is 2. The van der Waals surface area contributed by atoms with E-state index in [0.29, 0.717) is 13.1 Å². The van der Waals surface area contributed by atoms with Crippen molar-refractivity contribution in [3.8, 4) is 0 Å². The molecule has 1 aliphatic carbocycles. The summed E-state index contributed by atoms with van der Waals surface area (Å²) in [5.74, 6) is -3.04. The van der Waals surface area contributed by atoms with Crippen LogP contribution in [0.3, 0.4) is 0 Å². The van der Waals surface area contributed by atoms with Crippen LogP contribution in [0.1, 0.15) is 43.1 Å². The first-order chi connectivity index (χ1) is 12.8. The second-order valence-electron chi connectivity index (χ2n) is 7.61. The molecule has 2 aromatic rings. The predicted molar refractivity (Wildman–Crippen MR) is 97.6 cm³/mol. The van der Waals surface area contributed by atoms with Crippen molar-refractivity contribution in [2.45, 2.75) is 44.8 Å². The first-order valence-electron chi connectivity index (χ1n) is 9.09. The van der Waals surface area contributed by atoms with E-state index >= 15 is 4.39 Å². The summed E-state index contributed by atoms with van der Waals surface area (Å²) in [6, 6.07) is 1.03.